The fourth-order valence-electron chi connectivity index (χ4n) is 3.94. The monoisotopic (exact) mass is 360 g/mol. The Morgan fingerprint density at radius 1 is 1.15 bits per heavy atom. The lowest BCUT2D eigenvalue weighted by molar-refractivity contribution is -0.135. The summed E-state index contributed by atoms with van der Waals surface area (Å²) in [4.78, 5) is 26.2. The molecule has 1 aromatic rings. The molecule has 1 aliphatic heterocycles. The van der Waals surface area contributed by atoms with E-state index in [4.69, 9.17) is 0 Å². The quantitative estimate of drug-likeness (QED) is 0.741. The third-order valence-electron chi connectivity index (χ3n) is 5.67. The molecule has 0 bridgehead atoms. The Kier molecular flexibility index (Phi) is 6.14. The lowest BCUT2D eigenvalue weighted by Crippen LogP contribution is -2.50. The van der Waals surface area contributed by atoms with Gasteiger partial charge in [-0.25, -0.2) is 0 Å². The average molecular weight is 360 g/mol. The van der Waals surface area contributed by atoms with Crippen LogP contribution in [0.2, 0.25) is 0 Å². The maximum atomic E-state index is 12.4. The van der Waals surface area contributed by atoms with Crippen molar-refractivity contribution >= 4 is 11.8 Å². The number of amides is 2. The molecule has 2 fully saturated rings. The number of aromatic hydroxyl groups is 1. The average Bonchev–Trinajstić information content (AvgIpc) is 3.17. The predicted molar refractivity (Wildman–Crippen MR) is 97.5 cm³/mol. The van der Waals surface area contributed by atoms with E-state index >= 15 is 0 Å². The molecule has 2 amide bonds. The summed E-state index contributed by atoms with van der Waals surface area (Å²) in [6.07, 6.45) is 4.33. The van der Waals surface area contributed by atoms with Crippen molar-refractivity contribution in [2.45, 2.75) is 44.6 Å². The van der Waals surface area contributed by atoms with Crippen LogP contribution in [-0.2, 0) is 16.0 Å². The normalized spacial score (nSPS) is 23.8. The third-order valence-corrected chi connectivity index (χ3v) is 5.67. The molecule has 0 radical (unpaired) electrons. The molecule has 1 saturated carbocycles. The minimum absolute atomic E-state index is 0.0190. The van der Waals surface area contributed by atoms with E-state index in [0.717, 1.165) is 25.7 Å². The molecule has 1 heterocycles. The van der Waals surface area contributed by atoms with Crippen molar-refractivity contribution in [1.29, 1.82) is 0 Å². The van der Waals surface area contributed by atoms with Crippen LogP contribution in [0.5, 0.6) is 5.75 Å². The highest BCUT2D eigenvalue weighted by Crippen LogP contribution is 2.25. The Morgan fingerprint density at radius 3 is 2.58 bits per heavy atom. The molecule has 2 unspecified atom stereocenters. The second-order valence-electron chi connectivity index (χ2n) is 7.49. The number of aliphatic hydroxyl groups is 1. The fourth-order valence-corrected chi connectivity index (χ4v) is 3.94. The Labute approximate surface area is 154 Å². The van der Waals surface area contributed by atoms with Crippen molar-refractivity contribution in [2.24, 2.45) is 11.8 Å². The number of phenolic OH excluding ortho intramolecular Hbond substituents is 1. The van der Waals surface area contributed by atoms with Crippen LogP contribution in [0, 0.1) is 11.8 Å². The molecule has 1 aliphatic carbocycles. The molecule has 142 valence electrons. The molecule has 1 saturated heterocycles. The van der Waals surface area contributed by atoms with Crippen LogP contribution in [0.25, 0.3) is 0 Å². The van der Waals surface area contributed by atoms with E-state index in [9.17, 15) is 19.8 Å². The van der Waals surface area contributed by atoms with Gasteiger partial charge in [0.05, 0.1) is 12.5 Å². The van der Waals surface area contributed by atoms with E-state index in [0.29, 0.717) is 25.1 Å². The van der Waals surface area contributed by atoms with Gasteiger partial charge in [0.1, 0.15) is 5.75 Å². The maximum Gasteiger partial charge on any atom is 0.227 e. The van der Waals surface area contributed by atoms with E-state index in [2.05, 4.69) is 5.32 Å². The number of para-hydroxylation sites is 1. The fraction of sp³-hybridized carbons (Fsp3) is 0.600. The molecule has 26 heavy (non-hydrogen) atoms. The highest BCUT2D eigenvalue weighted by atomic mass is 16.3. The van der Waals surface area contributed by atoms with Crippen LogP contribution in [0.4, 0.5) is 0 Å². The maximum absolute atomic E-state index is 12.4. The number of hydrogen-bond donors (Lipinski definition) is 3. The van der Waals surface area contributed by atoms with Gasteiger partial charge in [0.2, 0.25) is 11.8 Å². The van der Waals surface area contributed by atoms with Crippen molar-refractivity contribution < 1.29 is 19.8 Å². The topological polar surface area (TPSA) is 89.9 Å². The van der Waals surface area contributed by atoms with Crippen LogP contribution >= 0.6 is 0 Å². The van der Waals surface area contributed by atoms with Gasteiger partial charge < -0.3 is 20.4 Å². The van der Waals surface area contributed by atoms with Crippen molar-refractivity contribution in [2.75, 3.05) is 19.6 Å². The van der Waals surface area contributed by atoms with E-state index < -0.39 is 6.10 Å². The Hall–Kier alpha value is -2.08. The Balaban J connectivity index is 1.46. The Morgan fingerprint density at radius 2 is 1.88 bits per heavy atom. The van der Waals surface area contributed by atoms with E-state index in [1.807, 2.05) is 0 Å². The summed E-state index contributed by atoms with van der Waals surface area (Å²) in [5.74, 6) is 0.236. The van der Waals surface area contributed by atoms with E-state index in [1.165, 1.54) is 0 Å². The highest BCUT2D eigenvalue weighted by molar-refractivity contribution is 5.80. The molecule has 6 heteroatoms. The van der Waals surface area contributed by atoms with Crippen molar-refractivity contribution in [3.05, 3.63) is 29.8 Å². The number of benzene rings is 1. The van der Waals surface area contributed by atoms with Gasteiger partial charge in [-0.2, -0.15) is 0 Å². The third kappa shape index (κ3) is 4.55. The largest absolute Gasteiger partial charge is 0.508 e. The molecule has 0 aromatic heterocycles. The lowest BCUT2D eigenvalue weighted by Gasteiger charge is -2.36. The SMILES string of the molecule is O=C(NCC1CCN(C(=O)Cc2ccccc2O)CC1O)C1CCCC1. The van der Waals surface area contributed by atoms with Crippen LogP contribution in [-0.4, -0.2) is 52.7 Å². The Bertz CT molecular complexity index is 642. The number of phenols is 1. The summed E-state index contributed by atoms with van der Waals surface area (Å²) >= 11 is 0. The number of aliphatic hydroxyl groups excluding tert-OH is 1. The minimum atomic E-state index is -0.638. The van der Waals surface area contributed by atoms with Gasteiger partial charge in [0, 0.05) is 37.0 Å². The molecular formula is C20H28N2O4. The van der Waals surface area contributed by atoms with E-state index in [1.54, 1.807) is 29.2 Å². The van der Waals surface area contributed by atoms with Crippen LogP contribution < -0.4 is 5.32 Å². The second kappa shape index (κ2) is 8.54. The van der Waals surface area contributed by atoms with Crippen LogP contribution in [0.1, 0.15) is 37.7 Å². The number of likely N-dealkylation sites (tertiary alicyclic amines) is 1. The molecule has 0 spiro atoms. The van der Waals surface area contributed by atoms with E-state index in [-0.39, 0.29) is 42.4 Å². The standard InChI is InChI=1S/C20H28N2O4/c23-17-8-4-3-7-15(17)11-19(25)22-10-9-16(18(24)13-22)12-21-20(26)14-5-1-2-6-14/h3-4,7-8,14,16,18,23-24H,1-2,5-6,9-13H2,(H,21,26). The first-order valence-corrected chi connectivity index (χ1v) is 9.55. The predicted octanol–water partition coefficient (Wildman–Crippen LogP) is 1.45. The number of hydrogen-bond acceptors (Lipinski definition) is 4. The molecule has 3 N–H and O–H groups in total. The zero-order valence-electron chi connectivity index (χ0n) is 15.1. The minimum Gasteiger partial charge on any atom is -0.508 e. The molecular weight excluding hydrogens is 332 g/mol. The number of β-amino-alcohol motifs (C(OH)–C–C–N with tert-alkyl or cyclic N) is 1. The van der Waals surface area contributed by atoms with Crippen LogP contribution in [0.15, 0.2) is 24.3 Å². The first-order valence-electron chi connectivity index (χ1n) is 9.55. The molecule has 2 aliphatic rings. The summed E-state index contributed by atoms with van der Waals surface area (Å²) in [7, 11) is 0. The van der Waals surface area contributed by atoms with Gasteiger partial charge in [-0.15, -0.1) is 0 Å². The summed E-state index contributed by atoms with van der Waals surface area (Å²) in [6, 6.07) is 6.81. The summed E-state index contributed by atoms with van der Waals surface area (Å²) in [5, 5.41) is 23.2. The number of nitrogens with zero attached hydrogens (tertiary/aromatic N) is 1. The summed E-state index contributed by atoms with van der Waals surface area (Å²) in [5.41, 5.74) is 0.595. The zero-order valence-corrected chi connectivity index (χ0v) is 15.1. The van der Waals surface area contributed by atoms with Gasteiger partial charge in [-0.05, 0) is 25.3 Å². The highest BCUT2D eigenvalue weighted by Gasteiger charge is 2.31. The lowest BCUT2D eigenvalue weighted by atomic mass is 9.93. The first kappa shape index (κ1) is 18.7. The van der Waals surface area contributed by atoms with Gasteiger partial charge in [-0.1, -0.05) is 31.0 Å². The van der Waals surface area contributed by atoms with Gasteiger partial charge in [-0.3, -0.25) is 9.59 Å². The second-order valence-corrected chi connectivity index (χ2v) is 7.49. The molecule has 1 aromatic carbocycles. The number of carbonyl (C=O) groups is 2. The van der Waals surface area contributed by atoms with Gasteiger partial charge >= 0.3 is 0 Å². The molecule has 3 rings (SSSR count). The summed E-state index contributed by atoms with van der Waals surface area (Å²) in [6.45, 7) is 1.31. The number of piperidine rings is 1. The smallest absolute Gasteiger partial charge is 0.227 e. The number of nitrogens with one attached hydrogen (secondary N) is 1. The number of carbonyl (C=O) groups excluding carboxylic acids is 2. The van der Waals surface area contributed by atoms with Crippen LogP contribution in [0.3, 0.4) is 0 Å². The van der Waals surface area contributed by atoms with Gasteiger partial charge in [0.25, 0.3) is 0 Å². The first-order chi connectivity index (χ1) is 12.5. The van der Waals surface area contributed by atoms with Crippen molar-refractivity contribution in [3.63, 3.8) is 0 Å². The zero-order chi connectivity index (χ0) is 18.5. The van der Waals surface area contributed by atoms with Gasteiger partial charge in [0.15, 0.2) is 0 Å². The van der Waals surface area contributed by atoms with Crippen molar-refractivity contribution in [3.8, 4) is 5.75 Å². The number of rotatable bonds is 5. The summed E-state index contributed by atoms with van der Waals surface area (Å²) < 4.78 is 0. The van der Waals surface area contributed by atoms with Crippen molar-refractivity contribution in [1.82, 2.24) is 10.2 Å². The molecule has 2 atom stereocenters. The molecule has 6 nitrogen and oxygen atoms in total.